The lowest BCUT2D eigenvalue weighted by Gasteiger charge is -2.19. The number of benzene rings is 1. The highest BCUT2D eigenvalue weighted by Crippen LogP contribution is 2.25. The maximum Gasteiger partial charge on any atom is 0.305 e. The summed E-state index contributed by atoms with van der Waals surface area (Å²) >= 11 is 1.34. The molecule has 114 valence electrons. The van der Waals surface area contributed by atoms with Crippen molar-refractivity contribution in [3.8, 4) is 11.3 Å². The van der Waals surface area contributed by atoms with Crippen LogP contribution in [0.3, 0.4) is 0 Å². The van der Waals surface area contributed by atoms with Gasteiger partial charge in [-0.05, 0) is 32.0 Å². The number of thiazole rings is 1. The topological polar surface area (TPSA) is 36.1 Å². The van der Waals surface area contributed by atoms with Crippen molar-refractivity contribution in [2.75, 3.05) is 13.1 Å². The first-order valence-corrected chi connectivity index (χ1v) is 8.47. The zero-order chi connectivity index (χ0) is 15.2. The number of aryl methyl sites for hydroxylation is 1. The van der Waals surface area contributed by atoms with Crippen molar-refractivity contribution in [1.82, 2.24) is 9.88 Å². The fourth-order valence-electron chi connectivity index (χ4n) is 2.36. The van der Waals surface area contributed by atoms with Crippen LogP contribution in [0.2, 0.25) is 0 Å². The average molecular weight is 304 g/mol. The number of rotatable bonds is 7. The Morgan fingerprint density at radius 1 is 1.19 bits per heavy atom. The van der Waals surface area contributed by atoms with Gasteiger partial charge in [-0.15, -0.1) is 0 Å². The van der Waals surface area contributed by atoms with Crippen LogP contribution in [0, 0.1) is 6.92 Å². The van der Waals surface area contributed by atoms with Crippen molar-refractivity contribution in [2.24, 2.45) is 0 Å². The van der Waals surface area contributed by atoms with Crippen LogP contribution in [0.5, 0.6) is 0 Å². The van der Waals surface area contributed by atoms with Crippen LogP contribution >= 0.6 is 11.3 Å². The van der Waals surface area contributed by atoms with Crippen LogP contribution in [0.4, 0.5) is 0 Å². The first-order chi connectivity index (χ1) is 10.1. The molecule has 3 nitrogen and oxygen atoms in total. The van der Waals surface area contributed by atoms with Crippen LogP contribution in [-0.2, 0) is 6.54 Å². The lowest BCUT2D eigenvalue weighted by atomic mass is 10.1. The zero-order valence-corrected chi connectivity index (χ0v) is 13.9. The van der Waals surface area contributed by atoms with Crippen molar-refractivity contribution in [2.45, 2.75) is 40.2 Å². The number of unbranched alkanes of at least 4 members (excludes halogenated alkanes) is 1. The molecule has 0 aliphatic carbocycles. The van der Waals surface area contributed by atoms with E-state index in [9.17, 15) is 4.79 Å². The minimum atomic E-state index is 0.0344. The molecule has 4 heteroatoms. The van der Waals surface area contributed by atoms with Gasteiger partial charge < -0.3 is 4.98 Å². The molecule has 1 heterocycles. The van der Waals surface area contributed by atoms with E-state index < -0.39 is 0 Å². The van der Waals surface area contributed by atoms with Crippen LogP contribution in [-0.4, -0.2) is 23.0 Å². The summed E-state index contributed by atoms with van der Waals surface area (Å²) in [5.74, 6) is 0. The first kappa shape index (κ1) is 16.0. The molecule has 0 atom stereocenters. The van der Waals surface area contributed by atoms with Crippen LogP contribution in [0.15, 0.2) is 29.1 Å². The second-order valence-corrected chi connectivity index (χ2v) is 6.47. The van der Waals surface area contributed by atoms with E-state index in [1.54, 1.807) is 0 Å². The van der Waals surface area contributed by atoms with E-state index >= 15 is 0 Å². The van der Waals surface area contributed by atoms with Gasteiger partial charge in [0.1, 0.15) is 0 Å². The van der Waals surface area contributed by atoms with Gasteiger partial charge in [-0.2, -0.15) is 0 Å². The van der Waals surface area contributed by atoms with Crippen molar-refractivity contribution in [1.29, 1.82) is 0 Å². The Hall–Kier alpha value is -1.39. The van der Waals surface area contributed by atoms with Crippen molar-refractivity contribution >= 4 is 11.3 Å². The summed E-state index contributed by atoms with van der Waals surface area (Å²) in [4.78, 5) is 18.4. The molecule has 0 aliphatic heterocycles. The number of aromatic nitrogens is 1. The summed E-state index contributed by atoms with van der Waals surface area (Å²) in [7, 11) is 0. The highest BCUT2D eigenvalue weighted by atomic mass is 32.1. The highest BCUT2D eigenvalue weighted by Gasteiger charge is 2.13. The number of hydrogen-bond donors (Lipinski definition) is 1. The van der Waals surface area contributed by atoms with Gasteiger partial charge in [0.05, 0.1) is 5.69 Å². The number of H-pyrrole nitrogens is 1. The van der Waals surface area contributed by atoms with E-state index in [-0.39, 0.29) is 4.87 Å². The van der Waals surface area contributed by atoms with E-state index in [2.05, 4.69) is 54.9 Å². The molecule has 1 aromatic heterocycles. The number of hydrogen-bond acceptors (Lipinski definition) is 3. The van der Waals surface area contributed by atoms with Gasteiger partial charge in [-0.1, -0.05) is 61.4 Å². The molecule has 2 aromatic rings. The van der Waals surface area contributed by atoms with Crippen molar-refractivity contribution < 1.29 is 0 Å². The Bertz CT molecular complexity index is 612. The van der Waals surface area contributed by atoms with E-state index in [0.29, 0.717) is 0 Å². The third kappa shape index (κ3) is 4.29. The minimum absolute atomic E-state index is 0.0344. The van der Waals surface area contributed by atoms with E-state index in [1.807, 2.05) is 0 Å². The van der Waals surface area contributed by atoms with Gasteiger partial charge in [0.2, 0.25) is 0 Å². The van der Waals surface area contributed by atoms with Crippen LogP contribution in [0.25, 0.3) is 11.3 Å². The summed E-state index contributed by atoms with van der Waals surface area (Å²) in [6.07, 6.45) is 2.40. The highest BCUT2D eigenvalue weighted by molar-refractivity contribution is 7.09. The summed E-state index contributed by atoms with van der Waals surface area (Å²) in [5.41, 5.74) is 3.32. The second-order valence-electron chi connectivity index (χ2n) is 5.40. The predicted molar refractivity (Wildman–Crippen MR) is 91.0 cm³/mol. The fourth-order valence-corrected chi connectivity index (χ4v) is 3.25. The molecule has 2 rings (SSSR count). The van der Waals surface area contributed by atoms with Gasteiger partial charge >= 0.3 is 4.87 Å². The largest absolute Gasteiger partial charge is 0.312 e. The number of nitrogens with zero attached hydrogens (tertiary/aromatic N) is 1. The molecule has 0 unspecified atom stereocenters. The molecular weight excluding hydrogens is 280 g/mol. The molecule has 0 aliphatic rings. The standard InChI is InChI=1S/C17H24N2OS/c1-4-6-11-19(5-2)12-15-16(18-17(20)21-15)14-9-7-13(3)8-10-14/h7-10H,4-6,11-12H2,1-3H3,(H,18,20). The minimum Gasteiger partial charge on any atom is -0.312 e. The maximum absolute atomic E-state index is 11.8. The van der Waals surface area contributed by atoms with Gasteiger partial charge in [0, 0.05) is 11.4 Å². The average Bonchev–Trinajstić information content (AvgIpc) is 2.85. The maximum atomic E-state index is 11.8. The molecule has 1 aromatic carbocycles. The molecule has 21 heavy (non-hydrogen) atoms. The molecule has 0 fully saturated rings. The quantitative estimate of drug-likeness (QED) is 0.838. The molecular formula is C17H24N2OS. The lowest BCUT2D eigenvalue weighted by Crippen LogP contribution is -2.23. The smallest absolute Gasteiger partial charge is 0.305 e. The van der Waals surface area contributed by atoms with E-state index in [1.165, 1.54) is 29.7 Å². The number of nitrogens with one attached hydrogen (secondary N) is 1. The molecule has 0 saturated heterocycles. The van der Waals surface area contributed by atoms with Gasteiger partial charge in [0.25, 0.3) is 0 Å². The lowest BCUT2D eigenvalue weighted by molar-refractivity contribution is 0.278. The van der Waals surface area contributed by atoms with Gasteiger partial charge in [-0.3, -0.25) is 9.69 Å². The Labute approximate surface area is 130 Å². The fraction of sp³-hybridized carbons (Fsp3) is 0.471. The molecule has 0 bridgehead atoms. The van der Waals surface area contributed by atoms with Crippen molar-refractivity contribution in [3.05, 3.63) is 44.4 Å². The molecule has 0 radical (unpaired) electrons. The predicted octanol–water partition coefficient (Wildman–Crippen LogP) is 4.03. The third-order valence-corrected chi connectivity index (χ3v) is 4.57. The van der Waals surface area contributed by atoms with Gasteiger partial charge in [0.15, 0.2) is 0 Å². The third-order valence-electron chi connectivity index (χ3n) is 3.70. The summed E-state index contributed by atoms with van der Waals surface area (Å²) in [6, 6.07) is 8.34. The SMILES string of the molecule is CCCCN(CC)Cc1sc(=O)[nH]c1-c1ccc(C)cc1. The zero-order valence-electron chi connectivity index (χ0n) is 13.1. The normalized spacial score (nSPS) is 11.2. The monoisotopic (exact) mass is 304 g/mol. The summed E-state index contributed by atoms with van der Waals surface area (Å²) in [6.45, 7) is 9.41. The summed E-state index contributed by atoms with van der Waals surface area (Å²) in [5, 5.41) is 0. The first-order valence-electron chi connectivity index (χ1n) is 7.65. The van der Waals surface area contributed by atoms with Crippen LogP contribution in [0.1, 0.15) is 37.1 Å². The second kappa shape index (κ2) is 7.57. The summed E-state index contributed by atoms with van der Waals surface area (Å²) < 4.78 is 0. The molecule has 0 saturated carbocycles. The van der Waals surface area contributed by atoms with E-state index in [0.717, 1.165) is 35.8 Å². The van der Waals surface area contributed by atoms with E-state index in [4.69, 9.17) is 0 Å². The molecule has 1 N–H and O–H groups in total. The Morgan fingerprint density at radius 3 is 2.52 bits per heavy atom. The Kier molecular flexibility index (Phi) is 5.76. The molecule has 0 amide bonds. The van der Waals surface area contributed by atoms with Crippen LogP contribution < -0.4 is 4.87 Å². The number of aromatic amines is 1. The molecule has 0 spiro atoms. The van der Waals surface area contributed by atoms with Gasteiger partial charge in [-0.25, -0.2) is 0 Å². The Balaban J connectivity index is 2.24. The van der Waals surface area contributed by atoms with Crippen molar-refractivity contribution in [3.63, 3.8) is 0 Å². The Morgan fingerprint density at radius 2 is 1.90 bits per heavy atom.